The average molecular weight is 345 g/mol. The molecule has 1 aliphatic rings. The van der Waals surface area contributed by atoms with Crippen molar-refractivity contribution in [3.8, 4) is 11.4 Å². The zero-order valence-electron chi connectivity index (χ0n) is 14.1. The van der Waals surface area contributed by atoms with Crippen LogP contribution in [0.2, 0.25) is 0 Å². The summed E-state index contributed by atoms with van der Waals surface area (Å²) in [5.41, 5.74) is 2.23. The van der Waals surface area contributed by atoms with Gasteiger partial charge in [0.1, 0.15) is 0 Å². The van der Waals surface area contributed by atoms with E-state index < -0.39 is 0 Å². The van der Waals surface area contributed by atoms with Crippen molar-refractivity contribution in [2.75, 3.05) is 20.1 Å². The highest BCUT2D eigenvalue weighted by Crippen LogP contribution is 2.19. The molecule has 6 nitrogen and oxygen atoms in total. The molecule has 0 saturated carbocycles. The number of amides is 1. The maximum atomic E-state index is 11.9. The van der Waals surface area contributed by atoms with Gasteiger partial charge in [0.2, 0.25) is 10.7 Å². The third kappa shape index (κ3) is 3.73. The van der Waals surface area contributed by atoms with E-state index in [2.05, 4.69) is 39.4 Å². The molecule has 1 amide bonds. The normalized spacial score (nSPS) is 18.5. The Bertz CT molecular complexity index is 764. The molecular formula is C17H23N5OS. The quantitative estimate of drug-likeness (QED) is 0.835. The summed E-state index contributed by atoms with van der Waals surface area (Å²) in [7, 11) is 1.69. The first-order valence-electron chi connectivity index (χ1n) is 8.24. The minimum absolute atomic E-state index is 0.0532. The second-order valence-corrected chi connectivity index (χ2v) is 6.69. The number of hydrogen-bond donors (Lipinski definition) is 2. The van der Waals surface area contributed by atoms with E-state index in [0.717, 1.165) is 37.3 Å². The van der Waals surface area contributed by atoms with Crippen molar-refractivity contribution in [1.82, 2.24) is 25.0 Å². The highest BCUT2D eigenvalue weighted by atomic mass is 32.1. The van der Waals surface area contributed by atoms with Crippen LogP contribution in [0.25, 0.3) is 11.4 Å². The number of likely N-dealkylation sites (tertiary alicyclic amines) is 1. The topological polar surface area (TPSA) is 66.0 Å². The van der Waals surface area contributed by atoms with Crippen molar-refractivity contribution in [2.45, 2.75) is 26.4 Å². The predicted molar refractivity (Wildman–Crippen MR) is 95.9 cm³/mol. The summed E-state index contributed by atoms with van der Waals surface area (Å²) in [6.07, 6.45) is 1.96. The Balaban J connectivity index is 1.73. The van der Waals surface area contributed by atoms with Crippen LogP contribution in [0.15, 0.2) is 24.3 Å². The van der Waals surface area contributed by atoms with E-state index in [4.69, 9.17) is 12.2 Å². The molecule has 1 atom stereocenters. The van der Waals surface area contributed by atoms with Crippen LogP contribution in [-0.4, -0.2) is 45.7 Å². The number of carbonyl (C=O) groups is 1. The molecule has 0 unspecified atom stereocenters. The standard InChI is InChI=1S/C17H23N5OS/c1-12-5-7-13(8-6-12)15-19-17(24)22(20-15)11-21-9-3-4-14(10-21)16(23)18-2/h5-8,14H,3-4,9-11H2,1-2H3,(H,18,23)(H,19,20,24)/t14-/m0/s1. The second kappa shape index (κ2) is 7.27. The van der Waals surface area contributed by atoms with Crippen molar-refractivity contribution in [3.05, 3.63) is 34.6 Å². The molecule has 7 heteroatoms. The summed E-state index contributed by atoms with van der Waals surface area (Å²) in [6, 6.07) is 8.19. The molecule has 1 aromatic carbocycles. The van der Waals surface area contributed by atoms with E-state index >= 15 is 0 Å². The van der Waals surface area contributed by atoms with Gasteiger partial charge in [-0.2, -0.15) is 4.98 Å². The lowest BCUT2D eigenvalue weighted by atomic mass is 9.97. The highest BCUT2D eigenvalue weighted by Gasteiger charge is 2.25. The molecule has 2 N–H and O–H groups in total. The second-order valence-electron chi connectivity index (χ2n) is 6.32. The van der Waals surface area contributed by atoms with Gasteiger partial charge in [0.05, 0.1) is 12.6 Å². The van der Waals surface area contributed by atoms with Crippen molar-refractivity contribution < 1.29 is 4.79 Å². The number of nitrogens with zero attached hydrogens (tertiary/aromatic N) is 3. The smallest absolute Gasteiger partial charge is 0.224 e. The Kier molecular flexibility index (Phi) is 5.11. The fraction of sp³-hybridized carbons (Fsp3) is 0.471. The van der Waals surface area contributed by atoms with Gasteiger partial charge in [-0.1, -0.05) is 29.8 Å². The van der Waals surface area contributed by atoms with E-state index in [-0.39, 0.29) is 11.8 Å². The Morgan fingerprint density at radius 3 is 2.88 bits per heavy atom. The minimum atomic E-state index is 0.0532. The molecule has 24 heavy (non-hydrogen) atoms. The van der Waals surface area contributed by atoms with Crippen LogP contribution in [0.1, 0.15) is 18.4 Å². The Morgan fingerprint density at radius 2 is 2.17 bits per heavy atom. The Labute approximate surface area is 146 Å². The molecule has 0 radical (unpaired) electrons. The third-order valence-corrected chi connectivity index (χ3v) is 4.78. The summed E-state index contributed by atoms with van der Waals surface area (Å²) in [6.45, 7) is 4.41. The van der Waals surface area contributed by atoms with Gasteiger partial charge in [-0.25, -0.2) is 4.68 Å². The van der Waals surface area contributed by atoms with Gasteiger partial charge in [-0.15, -0.1) is 0 Å². The first-order valence-corrected chi connectivity index (χ1v) is 8.65. The largest absolute Gasteiger partial charge is 0.359 e. The van der Waals surface area contributed by atoms with Crippen LogP contribution in [-0.2, 0) is 11.5 Å². The summed E-state index contributed by atoms with van der Waals surface area (Å²) in [5.74, 6) is 0.950. The van der Waals surface area contributed by atoms with Crippen molar-refractivity contribution in [3.63, 3.8) is 0 Å². The van der Waals surface area contributed by atoms with Crippen LogP contribution < -0.4 is 5.32 Å². The average Bonchev–Trinajstić information content (AvgIpc) is 2.95. The van der Waals surface area contributed by atoms with Gasteiger partial charge in [0.15, 0.2) is 5.82 Å². The molecule has 1 aliphatic heterocycles. The molecule has 3 rings (SSSR count). The number of benzene rings is 1. The molecule has 128 valence electrons. The Morgan fingerprint density at radius 1 is 1.42 bits per heavy atom. The molecule has 1 aromatic heterocycles. The van der Waals surface area contributed by atoms with Crippen LogP contribution >= 0.6 is 12.2 Å². The number of aromatic amines is 1. The van der Waals surface area contributed by atoms with Crippen molar-refractivity contribution >= 4 is 18.1 Å². The molecule has 2 heterocycles. The fourth-order valence-electron chi connectivity index (χ4n) is 3.10. The van der Waals surface area contributed by atoms with E-state index in [1.165, 1.54) is 5.56 Å². The third-order valence-electron chi connectivity index (χ3n) is 4.47. The zero-order valence-corrected chi connectivity index (χ0v) is 14.9. The summed E-state index contributed by atoms with van der Waals surface area (Å²) in [5, 5.41) is 6.03. The first kappa shape index (κ1) is 16.9. The monoisotopic (exact) mass is 345 g/mol. The van der Waals surface area contributed by atoms with Crippen molar-refractivity contribution in [2.24, 2.45) is 5.92 Å². The first-order chi connectivity index (χ1) is 11.6. The lowest BCUT2D eigenvalue weighted by Crippen LogP contribution is -2.42. The van der Waals surface area contributed by atoms with Crippen LogP contribution in [0.5, 0.6) is 0 Å². The van der Waals surface area contributed by atoms with Crippen LogP contribution in [0, 0.1) is 17.6 Å². The molecule has 1 saturated heterocycles. The van der Waals surface area contributed by atoms with E-state index in [1.54, 1.807) is 7.05 Å². The van der Waals surface area contributed by atoms with E-state index in [1.807, 2.05) is 16.8 Å². The molecule has 0 bridgehead atoms. The molecule has 0 spiro atoms. The number of rotatable bonds is 4. The molecular weight excluding hydrogens is 322 g/mol. The number of nitrogens with one attached hydrogen (secondary N) is 2. The van der Waals surface area contributed by atoms with Gasteiger partial charge >= 0.3 is 0 Å². The van der Waals surface area contributed by atoms with Gasteiger partial charge in [0, 0.05) is 19.2 Å². The summed E-state index contributed by atoms with van der Waals surface area (Å²) < 4.78 is 2.41. The maximum Gasteiger partial charge on any atom is 0.224 e. The fourth-order valence-corrected chi connectivity index (χ4v) is 3.29. The number of H-pyrrole nitrogens is 1. The number of aromatic nitrogens is 3. The lowest BCUT2D eigenvalue weighted by molar-refractivity contribution is -0.126. The van der Waals surface area contributed by atoms with Gasteiger partial charge < -0.3 is 5.32 Å². The minimum Gasteiger partial charge on any atom is -0.359 e. The summed E-state index contributed by atoms with van der Waals surface area (Å²) in [4.78, 5) is 18.6. The zero-order chi connectivity index (χ0) is 17.1. The molecule has 2 aromatic rings. The lowest BCUT2D eigenvalue weighted by Gasteiger charge is -2.31. The maximum absolute atomic E-state index is 11.9. The molecule has 0 aliphatic carbocycles. The number of hydrogen-bond acceptors (Lipinski definition) is 4. The predicted octanol–water partition coefficient (Wildman–Crippen LogP) is 2.33. The van der Waals surface area contributed by atoms with Crippen molar-refractivity contribution in [1.29, 1.82) is 0 Å². The van der Waals surface area contributed by atoms with E-state index in [0.29, 0.717) is 11.4 Å². The molecule has 1 fully saturated rings. The SMILES string of the molecule is CNC(=O)[C@H]1CCCN(Cn2[nH]c(-c3ccc(C)cc3)nc2=S)C1. The number of aryl methyl sites for hydroxylation is 1. The van der Waals surface area contributed by atoms with Crippen LogP contribution in [0.3, 0.4) is 0 Å². The van der Waals surface area contributed by atoms with Gasteiger partial charge in [-0.3, -0.25) is 14.8 Å². The Hall–Kier alpha value is -1.99. The van der Waals surface area contributed by atoms with Gasteiger partial charge in [-0.05, 0) is 38.5 Å². The highest BCUT2D eigenvalue weighted by molar-refractivity contribution is 7.71. The van der Waals surface area contributed by atoms with E-state index in [9.17, 15) is 4.79 Å². The summed E-state index contributed by atoms with van der Waals surface area (Å²) >= 11 is 5.39. The van der Waals surface area contributed by atoms with Crippen LogP contribution in [0.4, 0.5) is 0 Å². The van der Waals surface area contributed by atoms with Gasteiger partial charge in [0.25, 0.3) is 0 Å². The number of carbonyl (C=O) groups excluding carboxylic acids is 1. The number of piperidine rings is 1.